The van der Waals surface area contributed by atoms with Crippen molar-refractivity contribution in [2.24, 2.45) is 11.1 Å². The van der Waals surface area contributed by atoms with Crippen LogP contribution >= 0.6 is 11.3 Å². The molecule has 0 bridgehead atoms. The maximum Gasteiger partial charge on any atom is 0.0963 e. The Labute approximate surface area is 114 Å². The molecule has 0 saturated carbocycles. The largest absolute Gasteiger partial charge is 0.387 e. The number of hydrogen-bond donors (Lipinski definition) is 2. The zero-order valence-electron chi connectivity index (χ0n) is 11.6. The van der Waals surface area contributed by atoms with E-state index in [1.54, 1.807) is 11.3 Å². The van der Waals surface area contributed by atoms with Crippen LogP contribution in [0.4, 0.5) is 0 Å². The van der Waals surface area contributed by atoms with Gasteiger partial charge in [0.05, 0.1) is 17.0 Å². The summed E-state index contributed by atoms with van der Waals surface area (Å²) in [7, 11) is 2.12. The molecule has 0 aliphatic rings. The average molecular weight is 268 g/mol. The molecule has 5 heteroatoms. The molecule has 0 aliphatic heterocycles. The number of thiazole rings is 1. The van der Waals surface area contributed by atoms with Gasteiger partial charge in [-0.3, -0.25) is 5.41 Å². The highest BCUT2D eigenvalue weighted by molar-refractivity contribution is 7.07. The number of nitrogens with zero attached hydrogens (tertiary/aromatic N) is 2. The fourth-order valence-electron chi connectivity index (χ4n) is 1.75. The minimum absolute atomic E-state index is 0.159. The van der Waals surface area contributed by atoms with Gasteiger partial charge >= 0.3 is 0 Å². The molecule has 1 aromatic heterocycles. The third-order valence-electron chi connectivity index (χ3n) is 3.24. The van der Waals surface area contributed by atoms with Gasteiger partial charge in [0.15, 0.2) is 0 Å². The first kappa shape index (κ1) is 15.1. The van der Waals surface area contributed by atoms with Crippen molar-refractivity contribution < 1.29 is 0 Å². The number of nitrogens with two attached hydrogens (primary N) is 1. The Morgan fingerprint density at radius 1 is 1.50 bits per heavy atom. The molecule has 0 unspecified atom stereocenters. The second kappa shape index (κ2) is 6.85. The summed E-state index contributed by atoms with van der Waals surface area (Å²) in [4.78, 5) is 6.57. The molecule has 4 nitrogen and oxygen atoms in total. The van der Waals surface area contributed by atoms with Gasteiger partial charge in [-0.05, 0) is 26.4 Å². The number of rotatable bonds is 8. The molecule has 0 saturated heterocycles. The number of aromatic nitrogens is 1. The van der Waals surface area contributed by atoms with Gasteiger partial charge in [0.1, 0.15) is 0 Å². The van der Waals surface area contributed by atoms with Crippen LogP contribution in [-0.2, 0) is 6.54 Å². The Balaban J connectivity index is 2.16. The second-order valence-corrected chi connectivity index (χ2v) is 6.19. The van der Waals surface area contributed by atoms with Crippen molar-refractivity contribution >= 4 is 17.2 Å². The minimum atomic E-state index is -0.159. The van der Waals surface area contributed by atoms with E-state index in [0.29, 0.717) is 5.84 Å². The summed E-state index contributed by atoms with van der Waals surface area (Å²) >= 11 is 1.64. The lowest BCUT2D eigenvalue weighted by atomic mass is 9.86. The molecule has 0 spiro atoms. The van der Waals surface area contributed by atoms with Crippen LogP contribution in [0.25, 0.3) is 0 Å². The molecule has 3 N–H and O–H groups in total. The lowest BCUT2D eigenvalue weighted by molar-refractivity contribution is 0.306. The lowest BCUT2D eigenvalue weighted by Gasteiger charge is -2.23. The Kier molecular flexibility index (Phi) is 5.75. The van der Waals surface area contributed by atoms with E-state index >= 15 is 0 Å². The van der Waals surface area contributed by atoms with Gasteiger partial charge in [-0.15, -0.1) is 11.3 Å². The van der Waals surface area contributed by atoms with Crippen LogP contribution in [0, 0.1) is 10.8 Å². The zero-order chi connectivity index (χ0) is 13.6. The van der Waals surface area contributed by atoms with E-state index in [9.17, 15) is 0 Å². The smallest absolute Gasteiger partial charge is 0.0963 e. The fraction of sp³-hybridized carbons (Fsp3) is 0.692. The molecule has 1 rings (SSSR count). The third-order valence-corrected chi connectivity index (χ3v) is 3.87. The predicted octanol–water partition coefficient (Wildman–Crippen LogP) is 2.71. The quantitative estimate of drug-likeness (QED) is 0.433. The molecule has 1 aromatic rings. The fourth-order valence-corrected chi connectivity index (χ4v) is 2.30. The molecule has 0 fully saturated rings. The average Bonchev–Trinajstić information content (AvgIpc) is 2.77. The van der Waals surface area contributed by atoms with Crippen LogP contribution in [0.3, 0.4) is 0 Å². The predicted molar refractivity (Wildman–Crippen MR) is 78.0 cm³/mol. The van der Waals surface area contributed by atoms with Crippen molar-refractivity contribution in [1.29, 1.82) is 5.41 Å². The molecular weight excluding hydrogens is 244 g/mol. The summed E-state index contributed by atoms with van der Waals surface area (Å²) in [6.07, 6.45) is 3.22. The maximum atomic E-state index is 7.51. The van der Waals surface area contributed by atoms with Gasteiger partial charge < -0.3 is 10.6 Å². The molecule has 0 amide bonds. The van der Waals surface area contributed by atoms with Gasteiger partial charge in [0.2, 0.25) is 0 Å². The highest BCUT2D eigenvalue weighted by Gasteiger charge is 2.20. The number of unbranched alkanes of at least 4 members (excludes halogenated alkanes) is 1. The van der Waals surface area contributed by atoms with Crippen molar-refractivity contribution in [3.63, 3.8) is 0 Å². The first-order chi connectivity index (χ1) is 8.42. The second-order valence-electron chi connectivity index (χ2n) is 5.47. The number of hydrogen-bond acceptors (Lipinski definition) is 4. The third kappa shape index (κ3) is 5.14. The van der Waals surface area contributed by atoms with Crippen LogP contribution in [0.1, 0.15) is 38.8 Å². The van der Waals surface area contributed by atoms with Gasteiger partial charge in [-0.25, -0.2) is 4.98 Å². The van der Waals surface area contributed by atoms with Gasteiger partial charge in [0.25, 0.3) is 0 Å². The zero-order valence-corrected chi connectivity index (χ0v) is 12.4. The summed E-state index contributed by atoms with van der Waals surface area (Å²) in [5.74, 6) is 0.290. The Bertz CT molecular complexity index is 359. The summed E-state index contributed by atoms with van der Waals surface area (Å²) in [6.45, 7) is 6.05. The van der Waals surface area contributed by atoms with Crippen LogP contribution in [0.15, 0.2) is 10.9 Å². The molecule has 0 aliphatic carbocycles. The monoisotopic (exact) mass is 268 g/mol. The van der Waals surface area contributed by atoms with Crippen molar-refractivity contribution in [2.45, 2.75) is 39.7 Å². The lowest BCUT2D eigenvalue weighted by Crippen LogP contribution is -2.31. The summed E-state index contributed by atoms with van der Waals surface area (Å²) in [5, 5.41) is 9.60. The van der Waals surface area contributed by atoms with Crippen LogP contribution < -0.4 is 5.73 Å². The van der Waals surface area contributed by atoms with Crippen molar-refractivity contribution in [3.05, 3.63) is 16.6 Å². The molecule has 102 valence electrons. The van der Waals surface area contributed by atoms with E-state index < -0.39 is 0 Å². The van der Waals surface area contributed by atoms with Gasteiger partial charge in [-0.2, -0.15) is 0 Å². The van der Waals surface area contributed by atoms with Crippen molar-refractivity contribution in [2.75, 3.05) is 13.6 Å². The van der Waals surface area contributed by atoms with Crippen molar-refractivity contribution in [3.8, 4) is 0 Å². The van der Waals surface area contributed by atoms with E-state index in [1.165, 1.54) is 0 Å². The van der Waals surface area contributed by atoms with E-state index in [2.05, 4.69) is 22.3 Å². The number of amidine groups is 1. The Hall–Kier alpha value is -0.940. The maximum absolute atomic E-state index is 7.51. The molecule has 0 atom stereocenters. The first-order valence-electron chi connectivity index (χ1n) is 6.32. The molecular formula is C13H24N4S. The molecule has 0 aromatic carbocycles. The summed E-state index contributed by atoms with van der Waals surface area (Å²) < 4.78 is 0. The molecule has 1 heterocycles. The topological polar surface area (TPSA) is 66.0 Å². The standard InChI is InChI=1S/C13H24N4S/c1-13(2,12(14)15)6-4-5-7-17(3)8-11-9-18-10-16-11/h9-10H,4-8H2,1-3H3,(H3,14,15). The van der Waals surface area contributed by atoms with Gasteiger partial charge in [-0.1, -0.05) is 20.3 Å². The Morgan fingerprint density at radius 2 is 2.22 bits per heavy atom. The van der Waals surface area contributed by atoms with E-state index in [0.717, 1.165) is 38.0 Å². The van der Waals surface area contributed by atoms with Crippen LogP contribution in [-0.4, -0.2) is 29.3 Å². The number of nitrogens with one attached hydrogen (secondary N) is 1. The summed E-state index contributed by atoms with van der Waals surface area (Å²) in [6, 6.07) is 0. The van der Waals surface area contributed by atoms with Gasteiger partial charge in [0, 0.05) is 17.3 Å². The minimum Gasteiger partial charge on any atom is -0.387 e. The summed E-state index contributed by atoms with van der Waals surface area (Å²) in [5.41, 5.74) is 8.43. The molecule has 0 radical (unpaired) electrons. The van der Waals surface area contributed by atoms with E-state index in [-0.39, 0.29) is 5.41 Å². The van der Waals surface area contributed by atoms with Crippen LogP contribution in [0.5, 0.6) is 0 Å². The molecule has 18 heavy (non-hydrogen) atoms. The van der Waals surface area contributed by atoms with E-state index in [4.69, 9.17) is 11.1 Å². The first-order valence-corrected chi connectivity index (χ1v) is 7.26. The van der Waals surface area contributed by atoms with E-state index in [1.807, 2.05) is 19.4 Å². The SMILES string of the molecule is CN(CCCCC(C)(C)C(=N)N)Cc1cscn1. The Morgan fingerprint density at radius 3 is 2.78 bits per heavy atom. The highest BCUT2D eigenvalue weighted by Crippen LogP contribution is 2.22. The normalized spacial score (nSPS) is 12.0. The van der Waals surface area contributed by atoms with Crippen molar-refractivity contribution in [1.82, 2.24) is 9.88 Å². The highest BCUT2D eigenvalue weighted by atomic mass is 32.1. The van der Waals surface area contributed by atoms with Crippen LogP contribution in [0.2, 0.25) is 0 Å².